The van der Waals surface area contributed by atoms with Crippen LogP contribution in [0.15, 0.2) is 52.9 Å². The summed E-state index contributed by atoms with van der Waals surface area (Å²) in [6, 6.07) is 13.2. The Morgan fingerprint density at radius 2 is 1.75 bits per heavy atom. The number of hydrogen-bond donors (Lipinski definition) is 1. The fraction of sp³-hybridized carbons (Fsp3) is 0.286. The van der Waals surface area contributed by atoms with Crippen LogP contribution >= 0.6 is 11.6 Å². The lowest BCUT2D eigenvalue weighted by molar-refractivity contribution is 0.0916. The van der Waals surface area contributed by atoms with Crippen molar-refractivity contribution in [3.63, 3.8) is 0 Å². The van der Waals surface area contributed by atoms with E-state index in [9.17, 15) is 18.0 Å². The van der Waals surface area contributed by atoms with Gasteiger partial charge in [-0.1, -0.05) is 11.6 Å². The maximum Gasteiger partial charge on any atom is 0.414 e. The maximum atomic E-state index is 12.3. The van der Waals surface area contributed by atoms with Crippen molar-refractivity contribution in [2.45, 2.75) is 6.10 Å². The quantitative estimate of drug-likeness (QED) is 0.504. The fourth-order valence-electron chi connectivity index (χ4n) is 3.09. The van der Waals surface area contributed by atoms with Crippen LogP contribution in [0.25, 0.3) is 0 Å². The van der Waals surface area contributed by atoms with E-state index < -0.39 is 22.2 Å². The van der Waals surface area contributed by atoms with Crippen LogP contribution in [0.3, 0.4) is 0 Å². The van der Waals surface area contributed by atoms with E-state index in [2.05, 4.69) is 9.71 Å². The van der Waals surface area contributed by atoms with Crippen LogP contribution in [-0.4, -0.2) is 70.7 Å². The molecule has 2 aromatic rings. The van der Waals surface area contributed by atoms with Gasteiger partial charge in [0.05, 0.1) is 19.3 Å². The zero-order valence-corrected chi connectivity index (χ0v) is 19.4. The molecule has 3 rings (SSSR count). The summed E-state index contributed by atoms with van der Waals surface area (Å²) in [7, 11) is -0.187. The summed E-state index contributed by atoms with van der Waals surface area (Å²) >= 11 is 5.83. The van der Waals surface area contributed by atoms with Gasteiger partial charge in [0.2, 0.25) is 0 Å². The third-order valence-electron chi connectivity index (χ3n) is 4.58. The van der Waals surface area contributed by atoms with E-state index in [0.29, 0.717) is 21.8 Å². The van der Waals surface area contributed by atoms with Crippen molar-refractivity contribution in [1.29, 1.82) is 0 Å². The molecule has 11 heteroatoms. The molecule has 0 spiro atoms. The number of hydrogen-bond acceptors (Lipinski definition) is 5. The molecule has 1 atom stereocenters. The number of ether oxygens (including phenoxy) is 1. The van der Waals surface area contributed by atoms with E-state index in [0.717, 1.165) is 6.26 Å². The van der Waals surface area contributed by atoms with E-state index in [-0.39, 0.29) is 24.8 Å². The standard InChI is InChI=1S/C21H23ClN4O5S/c1-25(2)19(24-32(3,29)30)14-6-10-17(11-7-14)26-13-18(31-21(26)28)12-23-20(27)15-4-8-16(22)9-5-15/h4-11,18H,12-13H2,1-3H3,(H,23,27). The molecule has 0 aromatic heterocycles. The SMILES string of the molecule is CN(C)C(=NS(C)(=O)=O)c1ccc(N2CC(CNC(=O)c3ccc(Cl)cc3)OC2=O)cc1. The zero-order chi connectivity index (χ0) is 23.5. The van der Waals surface area contributed by atoms with Crippen molar-refractivity contribution >= 4 is 45.1 Å². The lowest BCUT2D eigenvalue weighted by Crippen LogP contribution is -2.34. The first-order valence-electron chi connectivity index (χ1n) is 9.63. The second-order valence-electron chi connectivity index (χ2n) is 7.42. The molecular weight excluding hydrogens is 456 g/mol. The third kappa shape index (κ3) is 5.98. The molecule has 1 aliphatic heterocycles. The van der Waals surface area contributed by atoms with Gasteiger partial charge in [0.25, 0.3) is 15.9 Å². The van der Waals surface area contributed by atoms with Gasteiger partial charge >= 0.3 is 6.09 Å². The van der Waals surface area contributed by atoms with Crippen LogP contribution in [0.5, 0.6) is 0 Å². The molecule has 1 fully saturated rings. The summed E-state index contributed by atoms with van der Waals surface area (Å²) in [4.78, 5) is 27.6. The fourth-order valence-corrected chi connectivity index (χ4v) is 3.80. The van der Waals surface area contributed by atoms with Crippen molar-refractivity contribution in [3.8, 4) is 0 Å². The van der Waals surface area contributed by atoms with Crippen LogP contribution in [0.1, 0.15) is 15.9 Å². The van der Waals surface area contributed by atoms with E-state index in [1.54, 1.807) is 67.5 Å². The lowest BCUT2D eigenvalue weighted by atomic mass is 10.1. The van der Waals surface area contributed by atoms with Crippen LogP contribution < -0.4 is 10.2 Å². The van der Waals surface area contributed by atoms with Crippen LogP contribution in [-0.2, 0) is 14.8 Å². The minimum Gasteiger partial charge on any atom is -0.442 e. The lowest BCUT2D eigenvalue weighted by Gasteiger charge is -2.17. The third-order valence-corrected chi connectivity index (χ3v) is 5.34. The van der Waals surface area contributed by atoms with E-state index >= 15 is 0 Å². The molecule has 1 heterocycles. The number of nitrogens with zero attached hydrogens (tertiary/aromatic N) is 3. The smallest absolute Gasteiger partial charge is 0.414 e. The summed E-state index contributed by atoms with van der Waals surface area (Å²) in [5, 5.41) is 3.28. The van der Waals surface area contributed by atoms with E-state index in [1.807, 2.05) is 0 Å². The molecule has 1 saturated heterocycles. The molecule has 170 valence electrons. The number of nitrogens with one attached hydrogen (secondary N) is 1. The summed E-state index contributed by atoms with van der Waals surface area (Å²) < 4.78 is 32.3. The molecule has 2 amide bonds. The molecule has 1 unspecified atom stereocenters. The van der Waals surface area contributed by atoms with E-state index in [4.69, 9.17) is 16.3 Å². The number of anilines is 1. The molecule has 1 aliphatic rings. The number of rotatable bonds is 6. The van der Waals surface area contributed by atoms with Crippen molar-refractivity contribution < 1.29 is 22.7 Å². The monoisotopic (exact) mass is 478 g/mol. The summed E-state index contributed by atoms with van der Waals surface area (Å²) in [6.45, 7) is 0.421. The number of sulfonamides is 1. The molecular formula is C21H23ClN4O5S. The Balaban J connectivity index is 1.65. The highest BCUT2D eigenvalue weighted by Gasteiger charge is 2.32. The van der Waals surface area contributed by atoms with Gasteiger partial charge in [-0.05, 0) is 48.5 Å². The molecule has 0 bridgehead atoms. The zero-order valence-electron chi connectivity index (χ0n) is 17.8. The van der Waals surface area contributed by atoms with Gasteiger partial charge in [-0.15, -0.1) is 4.40 Å². The second-order valence-corrected chi connectivity index (χ2v) is 9.51. The highest BCUT2D eigenvalue weighted by Crippen LogP contribution is 2.22. The topological polar surface area (TPSA) is 108 Å². The van der Waals surface area contributed by atoms with Gasteiger partial charge in [-0.25, -0.2) is 13.2 Å². The van der Waals surface area contributed by atoms with Crippen LogP contribution in [0, 0.1) is 0 Å². The summed E-state index contributed by atoms with van der Waals surface area (Å²) in [5.74, 6) is -0.00673. The van der Waals surface area contributed by atoms with E-state index in [1.165, 1.54) is 4.90 Å². The van der Waals surface area contributed by atoms with Crippen LogP contribution in [0.2, 0.25) is 5.02 Å². The average molecular weight is 479 g/mol. The molecule has 32 heavy (non-hydrogen) atoms. The Hall–Kier alpha value is -3.11. The highest BCUT2D eigenvalue weighted by molar-refractivity contribution is 7.89. The molecule has 0 aliphatic carbocycles. The van der Waals surface area contributed by atoms with Crippen molar-refractivity contribution in [2.75, 3.05) is 38.3 Å². The Labute approximate surface area is 191 Å². The van der Waals surface area contributed by atoms with Gasteiger partial charge in [0.1, 0.15) is 11.9 Å². The first-order valence-corrected chi connectivity index (χ1v) is 11.9. The molecule has 0 saturated carbocycles. The Morgan fingerprint density at radius 3 is 2.31 bits per heavy atom. The predicted molar refractivity (Wildman–Crippen MR) is 123 cm³/mol. The normalized spacial score (nSPS) is 16.6. The minimum absolute atomic E-state index is 0.160. The van der Waals surface area contributed by atoms with Gasteiger partial charge in [-0.3, -0.25) is 9.69 Å². The van der Waals surface area contributed by atoms with Crippen molar-refractivity contribution in [1.82, 2.24) is 10.2 Å². The number of cyclic esters (lactones) is 1. The number of carbonyl (C=O) groups excluding carboxylic acids is 2. The first-order chi connectivity index (χ1) is 15.0. The van der Waals surface area contributed by atoms with Gasteiger partial charge in [-0.2, -0.15) is 0 Å². The molecule has 9 nitrogen and oxygen atoms in total. The second kappa shape index (κ2) is 9.58. The summed E-state index contributed by atoms with van der Waals surface area (Å²) in [6.07, 6.45) is -0.0135. The minimum atomic E-state index is -3.57. The molecule has 1 N–H and O–H groups in total. The highest BCUT2D eigenvalue weighted by atomic mass is 35.5. The summed E-state index contributed by atoms with van der Waals surface area (Å²) in [5.41, 5.74) is 1.63. The van der Waals surface area contributed by atoms with Gasteiger partial charge in [0.15, 0.2) is 0 Å². The number of amidine groups is 1. The Kier molecular flexibility index (Phi) is 7.05. The predicted octanol–water partition coefficient (Wildman–Crippen LogP) is 2.36. The Morgan fingerprint density at radius 1 is 1.16 bits per heavy atom. The number of halogens is 1. The van der Waals surface area contributed by atoms with Crippen molar-refractivity contribution in [2.24, 2.45) is 4.40 Å². The maximum absolute atomic E-state index is 12.3. The van der Waals surface area contributed by atoms with Crippen LogP contribution in [0.4, 0.5) is 10.5 Å². The number of carbonyl (C=O) groups is 2. The molecule has 2 aromatic carbocycles. The first kappa shape index (κ1) is 23.6. The van der Waals surface area contributed by atoms with Gasteiger partial charge < -0.3 is 15.0 Å². The number of amides is 2. The van der Waals surface area contributed by atoms with Crippen molar-refractivity contribution in [3.05, 3.63) is 64.7 Å². The Bertz CT molecular complexity index is 1130. The van der Waals surface area contributed by atoms with Gasteiger partial charge in [0, 0.05) is 35.9 Å². The number of benzene rings is 2. The molecule has 0 radical (unpaired) electrons. The average Bonchev–Trinajstić information content (AvgIpc) is 3.10. The largest absolute Gasteiger partial charge is 0.442 e.